The molecular formula is C12H13NOS. The van der Waals surface area contributed by atoms with E-state index in [0.29, 0.717) is 0 Å². The first-order chi connectivity index (χ1) is 7.18. The third kappa shape index (κ3) is 2.08. The molecule has 1 atom stereocenters. The molecule has 0 bridgehead atoms. The summed E-state index contributed by atoms with van der Waals surface area (Å²) in [4.78, 5) is 5.07. The first-order valence-electron chi connectivity index (χ1n) is 4.83. The summed E-state index contributed by atoms with van der Waals surface area (Å²) in [7, 11) is 0. The van der Waals surface area contributed by atoms with E-state index in [0.717, 1.165) is 16.1 Å². The molecule has 1 unspecified atom stereocenters. The predicted octanol–water partition coefficient (Wildman–Crippen LogP) is 2.84. The molecule has 1 N–H and O–H groups in total. The first kappa shape index (κ1) is 10.3. The van der Waals surface area contributed by atoms with Crippen LogP contribution in [0.4, 0.5) is 0 Å². The Morgan fingerprint density at radius 1 is 1.20 bits per heavy atom. The summed E-state index contributed by atoms with van der Waals surface area (Å²) in [6.45, 7) is 3.96. The van der Waals surface area contributed by atoms with Gasteiger partial charge in [0.15, 0.2) is 0 Å². The van der Waals surface area contributed by atoms with Crippen LogP contribution in [0.3, 0.4) is 0 Å². The van der Waals surface area contributed by atoms with Gasteiger partial charge in [0.05, 0.1) is 16.1 Å². The highest BCUT2D eigenvalue weighted by atomic mass is 32.1. The third-order valence-electron chi connectivity index (χ3n) is 2.42. The Morgan fingerprint density at radius 3 is 2.40 bits per heavy atom. The van der Waals surface area contributed by atoms with Gasteiger partial charge in [-0.05, 0) is 19.4 Å². The van der Waals surface area contributed by atoms with Gasteiger partial charge in [0.2, 0.25) is 0 Å². The minimum absolute atomic E-state index is 0.543. The van der Waals surface area contributed by atoms with E-state index < -0.39 is 6.10 Å². The summed E-state index contributed by atoms with van der Waals surface area (Å²) in [5, 5.41) is 10.1. The van der Waals surface area contributed by atoms with Gasteiger partial charge in [-0.2, -0.15) is 0 Å². The second-order valence-corrected chi connectivity index (χ2v) is 4.50. The number of aryl methyl sites for hydroxylation is 2. The van der Waals surface area contributed by atoms with Crippen molar-refractivity contribution < 1.29 is 5.11 Å². The van der Waals surface area contributed by atoms with Crippen molar-refractivity contribution in [1.82, 2.24) is 4.98 Å². The summed E-state index contributed by atoms with van der Waals surface area (Å²) < 4.78 is 0. The fraction of sp³-hybridized carbons (Fsp3) is 0.250. The van der Waals surface area contributed by atoms with Gasteiger partial charge in [-0.3, -0.25) is 0 Å². The lowest BCUT2D eigenvalue weighted by Crippen LogP contribution is -1.98. The molecular weight excluding hydrogens is 206 g/mol. The maximum absolute atomic E-state index is 10.1. The zero-order chi connectivity index (χ0) is 10.8. The fourth-order valence-electron chi connectivity index (χ4n) is 1.47. The molecule has 1 aromatic carbocycles. The van der Waals surface area contributed by atoms with E-state index in [2.05, 4.69) is 4.98 Å². The van der Waals surface area contributed by atoms with Crippen LogP contribution < -0.4 is 0 Å². The summed E-state index contributed by atoms with van der Waals surface area (Å²) in [6.07, 6.45) is -0.543. The van der Waals surface area contributed by atoms with Crippen molar-refractivity contribution in [3.8, 4) is 0 Å². The molecule has 0 saturated heterocycles. The molecule has 2 aromatic rings. The van der Waals surface area contributed by atoms with Crippen LogP contribution in [0.25, 0.3) is 0 Å². The molecule has 0 aliphatic rings. The van der Waals surface area contributed by atoms with Crippen LogP contribution in [0.1, 0.15) is 27.8 Å². The molecule has 0 fully saturated rings. The van der Waals surface area contributed by atoms with E-state index >= 15 is 0 Å². The average molecular weight is 219 g/mol. The summed E-state index contributed by atoms with van der Waals surface area (Å²) in [5.41, 5.74) is 4.80. The summed E-state index contributed by atoms with van der Waals surface area (Å²) >= 11 is 1.50. The largest absolute Gasteiger partial charge is 0.383 e. The minimum Gasteiger partial charge on any atom is -0.383 e. The molecule has 1 aromatic heterocycles. The highest BCUT2D eigenvalue weighted by molar-refractivity contribution is 7.09. The Balaban J connectivity index is 2.32. The molecule has 0 radical (unpaired) electrons. The Kier molecular flexibility index (Phi) is 2.84. The van der Waals surface area contributed by atoms with Crippen molar-refractivity contribution in [2.75, 3.05) is 0 Å². The molecule has 3 heteroatoms. The molecule has 78 valence electrons. The van der Waals surface area contributed by atoms with Crippen molar-refractivity contribution >= 4 is 11.3 Å². The number of thiazole rings is 1. The van der Waals surface area contributed by atoms with Crippen LogP contribution in [0.15, 0.2) is 29.8 Å². The Hall–Kier alpha value is -1.19. The van der Waals surface area contributed by atoms with Crippen LogP contribution in [0.2, 0.25) is 0 Å². The maximum Gasteiger partial charge on any atom is 0.115 e. The molecule has 15 heavy (non-hydrogen) atoms. The second-order valence-electron chi connectivity index (χ2n) is 3.62. The monoisotopic (exact) mass is 219 g/mol. The molecule has 1 heterocycles. The minimum atomic E-state index is -0.543. The van der Waals surface area contributed by atoms with Crippen molar-refractivity contribution in [2.45, 2.75) is 20.0 Å². The topological polar surface area (TPSA) is 33.1 Å². The molecule has 2 nitrogen and oxygen atoms in total. The molecule has 0 aliphatic carbocycles. The number of benzene rings is 1. The van der Waals surface area contributed by atoms with E-state index in [1.165, 1.54) is 16.9 Å². The van der Waals surface area contributed by atoms with Gasteiger partial charge in [-0.1, -0.05) is 29.8 Å². The quantitative estimate of drug-likeness (QED) is 0.842. The lowest BCUT2D eigenvalue weighted by Gasteiger charge is -2.09. The number of hydrogen-bond acceptors (Lipinski definition) is 3. The normalized spacial score (nSPS) is 12.7. The van der Waals surface area contributed by atoms with Gasteiger partial charge in [-0.15, -0.1) is 11.3 Å². The molecule has 2 rings (SSSR count). The maximum atomic E-state index is 10.1. The SMILES string of the molecule is Cc1ccc(C(O)c2scnc2C)cc1. The first-order valence-corrected chi connectivity index (χ1v) is 5.71. The van der Waals surface area contributed by atoms with Crippen LogP contribution in [-0.2, 0) is 0 Å². The second kappa shape index (κ2) is 4.13. The van der Waals surface area contributed by atoms with E-state index in [9.17, 15) is 5.11 Å². The van der Waals surface area contributed by atoms with Gasteiger partial charge in [0.25, 0.3) is 0 Å². The van der Waals surface area contributed by atoms with Crippen LogP contribution in [-0.4, -0.2) is 10.1 Å². The fourth-order valence-corrected chi connectivity index (χ4v) is 2.29. The number of aliphatic hydroxyl groups is 1. The van der Waals surface area contributed by atoms with E-state index in [1.54, 1.807) is 5.51 Å². The lowest BCUT2D eigenvalue weighted by atomic mass is 10.1. The average Bonchev–Trinajstić information content (AvgIpc) is 2.65. The van der Waals surface area contributed by atoms with Gasteiger partial charge in [-0.25, -0.2) is 4.98 Å². The predicted molar refractivity (Wildman–Crippen MR) is 62.1 cm³/mol. The lowest BCUT2D eigenvalue weighted by molar-refractivity contribution is 0.223. The van der Waals surface area contributed by atoms with Crippen molar-refractivity contribution in [2.24, 2.45) is 0 Å². The zero-order valence-corrected chi connectivity index (χ0v) is 9.58. The van der Waals surface area contributed by atoms with Crippen molar-refractivity contribution in [3.63, 3.8) is 0 Å². The number of aliphatic hydroxyl groups excluding tert-OH is 1. The van der Waals surface area contributed by atoms with Gasteiger partial charge >= 0.3 is 0 Å². The van der Waals surface area contributed by atoms with Crippen molar-refractivity contribution in [3.05, 3.63) is 51.5 Å². The van der Waals surface area contributed by atoms with Gasteiger partial charge < -0.3 is 5.11 Å². The van der Waals surface area contributed by atoms with Crippen LogP contribution >= 0.6 is 11.3 Å². The van der Waals surface area contributed by atoms with E-state index in [-0.39, 0.29) is 0 Å². The van der Waals surface area contributed by atoms with E-state index in [1.807, 2.05) is 38.1 Å². The standard InChI is InChI=1S/C12H13NOS/c1-8-3-5-10(6-4-8)11(14)12-9(2)13-7-15-12/h3-7,11,14H,1-2H3. The summed E-state index contributed by atoms with van der Waals surface area (Å²) in [6, 6.07) is 7.93. The van der Waals surface area contributed by atoms with Crippen LogP contribution in [0.5, 0.6) is 0 Å². The molecule has 0 aliphatic heterocycles. The highest BCUT2D eigenvalue weighted by Gasteiger charge is 2.14. The van der Waals surface area contributed by atoms with Gasteiger partial charge in [0, 0.05) is 0 Å². The Morgan fingerprint density at radius 2 is 1.87 bits per heavy atom. The Labute approximate surface area is 93.2 Å². The van der Waals surface area contributed by atoms with Crippen molar-refractivity contribution in [1.29, 1.82) is 0 Å². The van der Waals surface area contributed by atoms with Crippen LogP contribution in [0, 0.1) is 13.8 Å². The zero-order valence-electron chi connectivity index (χ0n) is 8.77. The number of hydrogen-bond donors (Lipinski definition) is 1. The summed E-state index contributed by atoms with van der Waals surface area (Å²) in [5.74, 6) is 0. The number of nitrogens with zero attached hydrogens (tertiary/aromatic N) is 1. The van der Waals surface area contributed by atoms with E-state index in [4.69, 9.17) is 0 Å². The highest BCUT2D eigenvalue weighted by Crippen LogP contribution is 2.27. The number of rotatable bonds is 2. The Bertz CT molecular complexity index is 447. The molecule has 0 saturated carbocycles. The number of aromatic nitrogens is 1. The van der Waals surface area contributed by atoms with Gasteiger partial charge in [0.1, 0.15) is 6.10 Å². The molecule has 0 amide bonds. The smallest absolute Gasteiger partial charge is 0.115 e. The third-order valence-corrected chi connectivity index (χ3v) is 3.41. The molecule has 0 spiro atoms.